The molecule has 3 N–H and O–H groups in total. The van der Waals surface area contributed by atoms with Crippen molar-refractivity contribution >= 4 is 17.5 Å². The molecule has 17 heavy (non-hydrogen) atoms. The van der Waals surface area contributed by atoms with E-state index in [-0.39, 0.29) is 11.8 Å². The van der Waals surface area contributed by atoms with Gasteiger partial charge < -0.3 is 4.74 Å². The Bertz CT molecular complexity index is 517. The predicted molar refractivity (Wildman–Crippen MR) is 63.9 cm³/mol. The fourth-order valence-corrected chi connectivity index (χ4v) is 1.25. The van der Waals surface area contributed by atoms with E-state index in [9.17, 15) is 0 Å². The third-order valence-electron chi connectivity index (χ3n) is 1.94. The van der Waals surface area contributed by atoms with E-state index in [0.29, 0.717) is 10.8 Å². The normalized spacial score (nSPS) is 10.1. The largest absolute Gasteiger partial charge is 0.436 e. The molecule has 0 aliphatic rings. The minimum absolute atomic E-state index is 0.222. The third-order valence-corrected chi connectivity index (χ3v) is 2.20. The molecule has 0 fully saturated rings. The first-order chi connectivity index (χ1) is 8.19. The Hall–Kier alpha value is -1.92. The van der Waals surface area contributed by atoms with Gasteiger partial charge in [0.05, 0.1) is 12.4 Å². The van der Waals surface area contributed by atoms with Crippen molar-refractivity contribution in [1.29, 1.82) is 0 Å². The zero-order valence-corrected chi connectivity index (χ0v) is 9.77. The van der Waals surface area contributed by atoms with Crippen molar-refractivity contribution in [1.82, 2.24) is 15.0 Å². The summed E-state index contributed by atoms with van der Waals surface area (Å²) in [7, 11) is 0. The predicted octanol–water partition coefficient (Wildman–Crippen LogP) is 1.91. The lowest BCUT2D eigenvalue weighted by molar-refractivity contribution is 0.460. The summed E-state index contributed by atoms with van der Waals surface area (Å²) in [6.07, 6.45) is 2.99. The van der Waals surface area contributed by atoms with E-state index in [1.165, 1.54) is 6.20 Å². The van der Waals surface area contributed by atoms with Crippen LogP contribution in [0.25, 0.3) is 0 Å². The van der Waals surface area contributed by atoms with Gasteiger partial charge in [0, 0.05) is 5.69 Å². The molecule has 0 radical (unpaired) electrons. The van der Waals surface area contributed by atoms with Gasteiger partial charge in [-0.1, -0.05) is 11.6 Å². The number of halogens is 1. The first-order valence-electron chi connectivity index (χ1n) is 4.78. The highest BCUT2D eigenvalue weighted by Crippen LogP contribution is 2.26. The van der Waals surface area contributed by atoms with Crippen LogP contribution in [0.4, 0.5) is 5.95 Å². The van der Waals surface area contributed by atoms with Crippen LogP contribution < -0.4 is 16.0 Å². The molecule has 88 valence electrons. The molecule has 6 nitrogen and oxygen atoms in total. The summed E-state index contributed by atoms with van der Waals surface area (Å²) in [5.74, 6) is 6.19. The summed E-state index contributed by atoms with van der Waals surface area (Å²) in [6, 6.07) is 3.60. The summed E-state index contributed by atoms with van der Waals surface area (Å²) < 4.78 is 5.47. The summed E-state index contributed by atoms with van der Waals surface area (Å²) in [5.41, 5.74) is 3.21. The van der Waals surface area contributed by atoms with Crippen LogP contribution in [0.2, 0.25) is 5.02 Å². The quantitative estimate of drug-likeness (QED) is 0.640. The number of nitrogens with one attached hydrogen (secondary N) is 1. The van der Waals surface area contributed by atoms with Gasteiger partial charge in [-0.15, -0.1) is 0 Å². The minimum atomic E-state index is 0.222. The van der Waals surface area contributed by atoms with Crippen molar-refractivity contribution in [3.8, 4) is 11.6 Å². The molecule has 0 saturated heterocycles. The Labute approximate surface area is 103 Å². The number of hydrazine groups is 1. The Kier molecular flexibility index (Phi) is 3.36. The number of aromatic nitrogens is 3. The van der Waals surface area contributed by atoms with E-state index in [1.807, 2.05) is 13.0 Å². The summed E-state index contributed by atoms with van der Waals surface area (Å²) >= 11 is 5.90. The van der Waals surface area contributed by atoms with Gasteiger partial charge in [0.2, 0.25) is 11.8 Å². The monoisotopic (exact) mass is 251 g/mol. The molecule has 2 aromatic rings. The molecule has 0 amide bonds. The molecule has 0 aromatic carbocycles. The number of nitrogen functional groups attached to an aromatic ring is 1. The lowest BCUT2D eigenvalue weighted by Gasteiger charge is -2.07. The van der Waals surface area contributed by atoms with Gasteiger partial charge in [-0.05, 0) is 19.1 Å². The summed E-state index contributed by atoms with van der Waals surface area (Å²) in [6.45, 7) is 1.89. The fraction of sp³-hybridized carbons (Fsp3) is 0.100. The Morgan fingerprint density at radius 2 is 2.12 bits per heavy atom. The number of nitrogens with zero attached hydrogens (tertiary/aromatic N) is 3. The molecule has 2 heterocycles. The Balaban J connectivity index is 2.25. The molecule has 0 spiro atoms. The van der Waals surface area contributed by atoms with E-state index < -0.39 is 0 Å². The van der Waals surface area contributed by atoms with Crippen molar-refractivity contribution in [3.05, 3.63) is 35.2 Å². The van der Waals surface area contributed by atoms with Crippen molar-refractivity contribution in [2.45, 2.75) is 6.92 Å². The number of nitrogens with two attached hydrogens (primary N) is 1. The van der Waals surface area contributed by atoms with Gasteiger partial charge in [0.1, 0.15) is 10.8 Å². The lowest BCUT2D eigenvalue weighted by Crippen LogP contribution is -2.10. The maximum absolute atomic E-state index is 5.90. The van der Waals surface area contributed by atoms with Crippen LogP contribution in [0.1, 0.15) is 5.69 Å². The van der Waals surface area contributed by atoms with Crippen LogP contribution in [0.15, 0.2) is 24.5 Å². The van der Waals surface area contributed by atoms with Crippen LogP contribution in [0.3, 0.4) is 0 Å². The number of rotatable bonds is 3. The molecule has 0 saturated carbocycles. The van der Waals surface area contributed by atoms with E-state index in [1.54, 1.807) is 12.3 Å². The van der Waals surface area contributed by atoms with Crippen LogP contribution in [-0.2, 0) is 0 Å². The molecule has 0 aliphatic carbocycles. The smallest absolute Gasteiger partial charge is 0.243 e. The Morgan fingerprint density at radius 1 is 1.29 bits per heavy atom. The van der Waals surface area contributed by atoms with E-state index >= 15 is 0 Å². The summed E-state index contributed by atoms with van der Waals surface area (Å²) in [4.78, 5) is 11.9. The number of ether oxygens (including phenoxy) is 1. The first-order valence-corrected chi connectivity index (χ1v) is 5.16. The zero-order chi connectivity index (χ0) is 12.3. The number of aryl methyl sites for hydroxylation is 1. The van der Waals surface area contributed by atoms with Gasteiger partial charge in [0.15, 0.2) is 0 Å². The summed E-state index contributed by atoms with van der Waals surface area (Å²) in [5, 5.41) is 0.296. The number of hydrogen-bond donors (Lipinski definition) is 2. The van der Waals surface area contributed by atoms with Crippen LogP contribution >= 0.6 is 11.6 Å². The first kappa shape index (κ1) is 11.6. The second-order valence-electron chi connectivity index (χ2n) is 3.23. The Morgan fingerprint density at radius 3 is 2.76 bits per heavy atom. The second-order valence-corrected chi connectivity index (χ2v) is 3.64. The highest BCUT2D eigenvalue weighted by atomic mass is 35.5. The highest BCUT2D eigenvalue weighted by molar-refractivity contribution is 6.31. The topological polar surface area (TPSA) is 86.0 Å². The molecule has 0 aliphatic heterocycles. The van der Waals surface area contributed by atoms with Gasteiger partial charge in [0.25, 0.3) is 0 Å². The number of anilines is 1. The SMILES string of the molecule is Cc1ccc(Oc2nc(NN)ncc2Cl)cn1. The molecule has 7 heteroatoms. The van der Waals surface area contributed by atoms with Gasteiger partial charge in [-0.3, -0.25) is 10.4 Å². The third kappa shape index (κ3) is 2.80. The molecule has 2 aromatic heterocycles. The molecule has 2 rings (SSSR count). The highest BCUT2D eigenvalue weighted by Gasteiger charge is 2.07. The zero-order valence-electron chi connectivity index (χ0n) is 9.01. The maximum Gasteiger partial charge on any atom is 0.243 e. The van der Waals surface area contributed by atoms with Crippen LogP contribution in [-0.4, -0.2) is 15.0 Å². The van der Waals surface area contributed by atoms with E-state index in [4.69, 9.17) is 22.2 Å². The maximum atomic E-state index is 5.90. The molecule has 0 unspecified atom stereocenters. The van der Waals surface area contributed by atoms with E-state index in [0.717, 1.165) is 5.69 Å². The second kappa shape index (κ2) is 4.94. The van der Waals surface area contributed by atoms with Gasteiger partial charge in [-0.2, -0.15) is 4.98 Å². The van der Waals surface area contributed by atoms with Gasteiger partial charge in [-0.25, -0.2) is 10.8 Å². The van der Waals surface area contributed by atoms with Gasteiger partial charge >= 0.3 is 0 Å². The lowest BCUT2D eigenvalue weighted by atomic mass is 10.4. The van der Waals surface area contributed by atoms with Crippen molar-refractivity contribution in [3.63, 3.8) is 0 Å². The standard InChI is InChI=1S/C10H10ClN5O/c1-6-2-3-7(4-13-6)17-9-8(11)5-14-10(15-9)16-12/h2-5H,12H2,1H3,(H,14,15,16). The average Bonchev–Trinajstić information content (AvgIpc) is 2.35. The van der Waals surface area contributed by atoms with Crippen molar-refractivity contribution < 1.29 is 4.74 Å². The minimum Gasteiger partial charge on any atom is -0.436 e. The molecular formula is C10H10ClN5O. The van der Waals surface area contributed by atoms with Crippen molar-refractivity contribution in [2.24, 2.45) is 5.84 Å². The molecule has 0 atom stereocenters. The van der Waals surface area contributed by atoms with Crippen molar-refractivity contribution in [2.75, 3.05) is 5.43 Å². The average molecular weight is 252 g/mol. The van der Waals surface area contributed by atoms with Crippen LogP contribution in [0.5, 0.6) is 11.6 Å². The van der Waals surface area contributed by atoms with E-state index in [2.05, 4.69) is 20.4 Å². The number of pyridine rings is 1. The molecule has 0 bridgehead atoms. The fourth-order valence-electron chi connectivity index (χ4n) is 1.12. The number of hydrogen-bond acceptors (Lipinski definition) is 6. The van der Waals surface area contributed by atoms with Crippen LogP contribution in [0, 0.1) is 6.92 Å². The molecular weight excluding hydrogens is 242 g/mol.